The fraction of sp³-hybridized carbons (Fsp3) is 0.357. The molecule has 1 heterocycles. The highest BCUT2D eigenvalue weighted by Crippen LogP contribution is 2.29. The van der Waals surface area contributed by atoms with Gasteiger partial charge in [0.05, 0.1) is 6.61 Å². The van der Waals surface area contributed by atoms with Crippen molar-refractivity contribution in [1.82, 2.24) is 9.88 Å². The molecule has 0 radical (unpaired) electrons. The lowest BCUT2D eigenvalue weighted by molar-refractivity contribution is 0.0702. The molecule has 3 rings (SSSR count). The Labute approximate surface area is 119 Å². The fourth-order valence-corrected chi connectivity index (χ4v) is 2.70. The highest BCUT2D eigenvalue weighted by atomic mass is 79.9. The lowest BCUT2D eigenvalue weighted by atomic mass is 10.2. The van der Waals surface area contributed by atoms with E-state index in [4.69, 9.17) is 5.11 Å². The number of halogens is 1. The first kappa shape index (κ1) is 12.7. The van der Waals surface area contributed by atoms with E-state index in [9.17, 15) is 4.79 Å². The van der Waals surface area contributed by atoms with E-state index in [1.54, 1.807) is 4.90 Å². The van der Waals surface area contributed by atoms with E-state index in [0.29, 0.717) is 18.3 Å². The highest BCUT2D eigenvalue weighted by Gasteiger charge is 2.33. The van der Waals surface area contributed by atoms with Crippen molar-refractivity contribution in [2.45, 2.75) is 18.9 Å². The van der Waals surface area contributed by atoms with Crippen LogP contribution >= 0.6 is 15.9 Å². The Kier molecular flexibility index (Phi) is 3.33. The van der Waals surface area contributed by atoms with Crippen LogP contribution in [-0.2, 0) is 0 Å². The molecule has 0 saturated heterocycles. The van der Waals surface area contributed by atoms with Gasteiger partial charge in [0.15, 0.2) is 0 Å². The molecule has 2 aromatic rings. The number of hydrogen-bond donors (Lipinski definition) is 2. The number of nitrogens with zero attached hydrogens (tertiary/aromatic N) is 1. The van der Waals surface area contributed by atoms with Crippen molar-refractivity contribution in [1.29, 1.82) is 0 Å². The predicted octanol–water partition coefficient (Wildman–Crippen LogP) is 2.53. The van der Waals surface area contributed by atoms with Crippen LogP contribution in [0, 0.1) is 0 Å². The number of benzene rings is 1. The van der Waals surface area contributed by atoms with Gasteiger partial charge in [0.2, 0.25) is 0 Å². The summed E-state index contributed by atoms with van der Waals surface area (Å²) in [6, 6.07) is 8.05. The summed E-state index contributed by atoms with van der Waals surface area (Å²) in [5, 5.41) is 10.1. The number of fused-ring (bicyclic) bond motifs is 1. The molecule has 0 atom stereocenters. The van der Waals surface area contributed by atoms with Crippen molar-refractivity contribution in [3.05, 3.63) is 34.4 Å². The molecule has 100 valence electrons. The molecule has 1 amide bonds. The largest absolute Gasteiger partial charge is 0.395 e. The molecule has 2 N–H and O–H groups in total. The Bertz CT molecular complexity index is 619. The Balaban J connectivity index is 1.91. The van der Waals surface area contributed by atoms with Gasteiger partial charge in [-0.1, -0.05) is 15.9 Å². The van der Waals surface area contributed by atoms with E-state index in [0.717, 1.165) is 28.2 Å². The van der Waals surface area contributed by atoms with E-state index >= 15 is 0 Å². The SMILES string of the molecule is O=C(c1cc2cc(Br)ccc2[nH]1)N(CCO)C1CC1. The lowest BCUT2D eigenvalue weighted by Gasteiger charge is -2.20. The van der Waals surface area contributed by atoms with Gasteiger partial charge in [0.25, 0.3) is 5.91 Å². The molecule has 4 nitrogen and oxygen atoms in total. The van der Waals surface area contributed by atoms with Crippen molar-refractivity contribution in [2.24, 2.45) is 0 Å². The van der Waals surface area contributed by atoms with Gasteiger partial charge in [-0.15, -0.1) is 0 Å². The third-order valence-electron chi connectivity index (χ3n) is 3.40. The van der Waals surface area contributed by atoms with Crippen molar-refractivity contribution < 1.29 is 9.90 Å². The van der Waals surface area contributed by atoms with Crippen LogP contribution in [0.1, 0.15) is 23.3 Å². The zero-order valence-corrected chi connectivity index (χ0v) is 12.0. The van der Waals surface area contributed by atoms with Crippen LogP contribution < -0.4 is 0 Å². The maximum Gasteiger partial charge on any atom is 0.270 e. The van der Waals surface area contributed by atoms with Gasteiger partial charge in [-0.05, 0) is 37.1 Å². The number of aliphatic hydroxyl groups excluding tert-OH is 1. The molecule has 0 unspecified atom stereocenters. The van der Waals surface area contributed by atoms with Crippen LogP contribution in [0.15, 0.2) is 28.7 Å². The van der Waals surface area contributed by atoms with E-state index in [1.807, 2.05) is 24.3 Å². The predicted molar refractivity (Wildman–Crippen MR) is 77.1 cm³/mol. The Hall–Kier alpha value is -1.33. The molecule has 1 aliphatic carbocycles. The number of carbonyl (C=O) groups excluding carboxylic acids is 1. The molecule has 1 aromatic carbocycles. The van der Waals surface area contributed by atoms with Crippen LogP contribution in [-0.4, -0.2) is 40.1 Å². The summed E-state index contributed by atoms with van der Waals surface area (Å²) in [6.45, 7) is 0.413. The molecule has 0 aliphatic heterocycles. The maximum absolute atomic E-state index is 12.4. The summed E-state index contributed by atoms with van der Waals surface area (Å²) in [6.07, 6.45) is 2.08. The third-order valence-corrected chi connectivity index (χ3v) is 3.90. The Morgan fingerprint density at radius 3 is 2.89 bits per heavy atom. The van der Waals surface area contributed by atoms with Crippen LogP contribution in [0.4, 0.5) is 0 Å². The average molecular weight is 323 g/mol. The van der Waals surface area contributed by atoms with E-state index in [2.05, 4.69) is 20.9 Å². The number of nitrogens with one attached hydrogen (secondary N) is 1. The van der Waals surface area contributed by atoms with Crippen molar-refractivity contribution in [3.63, 3.8) is 0 Å². The molecule has 1 aliphatic rings. The van der Waals surface area contributed by atoms with Gasteiger partial charge in [-0.2, -0.15) is 0 Å². The normalized spacial score (nSPS) is 14.8. The van der Waals surface area contributed by atoms with E-state index in [-0.39, 0.29) is 12.5 Å². The summed E-state index contributed by atoms with van der Waals surface area (Å²) < 4.78 is 0.993. The molecule has 0 spiro atoms. The van der Waals surface area contributed by atoms with Gasteiger partial charge in [0.1, 0.15) is 5.69 Å². The van der Waals surface area contributed by atoms with Crippen LogP contribution in [0.25, 0.3) is 10.9 Å². The summed E-state index contributed by atoms with van der Waals surface area (Å²) >= 11 is 3.42. The number of aromatic nitrogens is 1. The maximum atomic E-state index is 12.4. The number of carbonyl (C=O) groups is 1. The summed E-state index contributed by atoms with van der Waals surface area (Å²) in [4.78, 5) is 17.4. The third kappa shape index (κ3) is 2.53. The van der Waals surface area contributed by atoms with Crippen LogP contribution in [0.5, 0.6) is 0 Å². The zero-order chi connectivity index (χ0) is 13.4. The van der Waals surface area contributed by atoms with Gasteiger partial charge in [0, 0.05) is 28.0 Å². The van der Waals surface area contributed by atoms with Crippen molar-refractivity contribution in [2.75, 3.05) is 13.2 Å². The van der Waals surface area contributed by atoms with Crippen LogP contribution in [0.3, 0.4) is 0 Å². The van der Waals surface area contributed by atoms with Gasteiger partial charge < -0.3 is 15.0 Å². The minimum Gasteiger partial charge on any atom is -0.395 e. The molecule has 1 fully saturated rings. The van der Waals surface area contributed by atoms with E-state index < -0.39 is 0 Å². The van der Waals surface area contributed by atoms with Gasteiger partial charge >= 0.3 is 0 Å². The second-order valence-corrected chi connectivity index (χ2v) is 5.78. The van der Waals surface area contributed by atoms with Gasteiger partial charge in [-0.25, -0.2) is 0 Å². The number of H-pyrrole nitrogens is 1. The van der Waals surface area contributed by atoms with Crippen molar-refractivity contribution >= 4 is 32.7 Å². The smallest absolute Gasteiger partial charge is 0.270 e. The first-order valence-corrected chi connectivity index (χ1v) is 7.18. The standard InChI is InChI=1S/C14H15BrN2O2/c15-10-1-4-12-9(7-10)8-13(16-12)14(19)17(5-6-18)11-2-3-11/h1,4,7-8,11,16,18H,2-3,5-6H2. The number of rotatable bonds is 4. The highest BCUT2D eigenvalue weighted by molar-refractivity contribution is 9.10. The Morgan fingerprint density at radius 1 is 1.42 bits per heavy atom. The molecular formula is C14H15BrN2O2. The number of aromatic amines is 1. The molecule has 1 aromatic heterocycles. The first-order chi connectivity index (χ1) is 9.19. The molecular weight excluding hydrogens is 308 g/mol. The number of amides is 1. The summed E-state index contributed by atoms with van der Waals surface area (Å²) in [5.41, 5.74) is 1.54. The average Bonchev–Trinajstić information content (AvgIpc) is 3.14. The monoisotopic (exact) mass is 322 g/mol. The molecule has 19 heavy (non-hydrogen) atoms. The first-order valence-electron chi connectivity index (χ1n) is 6.39. The number of aliphatic hydroxyl groups is 1. The molecule has 5 heteroatoms. The quantitative estimate of drug-likeness (QED) is 0.908. The molecule has 0 bridgehead atoms. The molecule has 1 saturated carbocycles. The Morgan fingerprint density at radius 2 is 2.21 bits per heavy atom. The fourth-order valence-electron chi connectivity index (χ4n) is 2.32. The second-order valence-electron chi connectivity index (χ2n) is 4.87. The second kappa shape index (κ2) is 4.98. The lowest BCUT2D eigenvalue weighted by Crippen LogP contribution is -2.35. The topological polar surface area (TPSA) is 56.3 Å². The van der Waals surface area contributed by atoms with Gasteiger partial charge in [-0.3, -0.25) is 4.79 Å². The van der Waals surface area contributed by atoms with Crippen LogP contribution in [0.2, 0.25) is 0 Å². The number of hydrogen-bond acceptors (Lipinski definition) is 2. The van der Waals surface area contributed by atoms with Crippen molar-refractivity contribution in [3.8, 4) is 0 Å². The van der Waals surface area contributed by atoms with E-state index in [1.165, 1.54) is 0 Å². The summed E-state index contributed by atoms with van der Waals surface area (Å²) in [5.74, 6) is -0.0242. The minimum absolute atomic E-state index is 0.00795. The summed E-state index contributed by atoms with van der Waals surface area (Å²) in [7, 11) is 0. The minimum atomic E-state index is -0.0242. The zero-order valence-electron chi connectivity index (χ0n) is 10.4.